The van der Waals surface area contributed by atoms with Crippen LogP contribution in [0.25, 0.3) is 88.6 Å². The summed E-state index contributed by atoms with van der Waals surface area (Å²) in [6.07, 6.45) is 0. The van der Waals surface area contributed by atoms with Crippen LogP contribution in [-0.2, 0) is 0 Å². The van der Waals surface area contributed by atoms with Crippen molar-refractivity contribution in [1.82, 2.24) is 19.9 Å². The molecule has 2 N–H and O–H groups in total. The Morgan fingerprint density at radius 1 is 0.292 bits per heavy atom. The smallest absolute Gasteiger partial charge is 0.116 e. The average molecular weight is 619 g/mol. The van der Waals surface area contributed by atoms with Gasteiger partial charge in [-0.1, -0.05) is 78.9 Å². The van der Waals surface area contributed by atoms with E-state index in [1.54, 1.807) is 24.3 Å². The lowest BCUT2D eigenvalue weighted by Gasteiger charge is -2.11. The van der Waals surface area contributed by atoms with Gasteiger partial charge in [0.25, 0.3) is 0 Å². The van der Waals surface area contributed by atoms with Crippen LogP contribution in [0.3, 0.4) is 0 Å². The fraction of sp³-hybridized carbons (Fsp3) is 0. The van der Waals surface area contributed by atoms with E-state index in [0.29, 0.717) is 5.69 Å². The third-order valence-corrected chi connectivity index (χ3v) is 8.78. The van der Waals surface area contributed by atoms with E-state index in [9.17, 15) is 10.2 Å². The average Bonchev–Trinajstić information content (AvgIpc) is 3.14. The molecule has 6 nitrogen and oxygen atoms in total. The van der Waals surface area contributed by atoms with Crippen LogP contribution in [0.5, 0.6) is 11.5 Å². The van der Waals surface area contributed by atoms with Crippen molar-refractivity contribution in [3.8, 4) is 56.5 Å². The quantitative estimate of drug-likeness (QED) is 0.191. The topological polar surface area (TPSA) is 92.0 Å². The Kier molecular flexibility index (Phi) is 6.33. The van der Waals surface area contributed by atoms with Gasteiger partial charge in [0.15, 0.2) is 0 Å². The van der Waals surface area contributed by atoms with Gasteiger partial charge in [-0.3, -0.25) is 0 Å². The highest BCUT2D eigenvalue weighted by Crippen LogP contribution is 2.34. The van der Waals surface area contributed by atoms with Crippen LogP contribution >= 0.6 is 0 Å². The normalized spacial score (nSPS) is 11.5. The van der Waals surface area contributed by atoms with Crippen molar-refractivity contribution < 1.29 is 10.2 Å². The zero-order valence-corrected chi connectivity index (χ0v) is 25.5. The largest absolute Gasteiger partial charge is 0.508 e. The van der Waals surface area contributed by atoms with Gasteiger partial charge < -0.3 is 10.2 Å². The van der Waals surface area contributed by atoms with Gasteiger partial charge in [0.05, 0.1) is 44.8 Å². The van der Waals surface area contributed by atoms with E-state index < -0.39 is 0 Å². The van der Waals surface area contributed by atoms with Crippen LogP contribution in [0.1, 0.15) is 0 Å². The summed E-state index contributed by atoms with van der Waals surface area (Å²) >= 11 is 0. The molecule has 0 atom stereocenters. The molecule has 0 aliphatic carbocycles. The number of phenols is 2. The summed E-state index contributed by atoms with van der Waals surface area (Å²) in [5.74, 6) is 0.335. The zero-order valence-electron chi connectivity index (χ0n) is 25.5. The van der Waals surface area contributed by atoms with Gasteiger partial charge in [-0.2, -0.15) is 0 Å². The minimum absolute atomic E-state index is 0.124. The lowest BCUT2D eigenvalue weighted by Crippen LogP contribution is -1.93. The molecule has 9 rings (SSSR count). The van der Waals surface area contributed by atoms with Crippen LogP contribution in [0.15, 0.2) is 146 Å². The van der Waals surface area contributed by atoms with Crippen molar-refractivity contribution >= 4 is 43.6 Å². The Hall–Kier alpha value is -6.66. The van der Waals surface area contributed by atoms with Crippen molar-refractivity contribution in [2.45, 2.75) is 0 Å². The number of rotatable bonds is 4. The second-order valence-corrected chi connectivity index (χ2v) is 11.9. The van der Waals surface area contributed by atoms with Crippen molar-refractivity contribution in [2.75, 3.05) is 0 Å². The molecule has 226 valence electrons. The Morgan fingerprint density at radius 2 is 0.646 bits per heavy atom. The number of hydrogen-bond acceptors (Lipinski definition) is 6. The van der Waals surface area contributed by atoms with Gasteiger partial charge in [0.2, 0.25) is 0 Å². The molecular weight excluding hydrogens is 592 g/mol. The molecule has 0 unspecified atom stereocenters. The molecule has 4 heterocycles. The molecule has 0 aliphatic rings. The first-order valence-corrected chi connectivity index (χ1v) is 15.7. The zero-order chi connectivity index (χ0) is 32.2. The Balaban J connectivity index is 1.16. The molecule has 0 spiro atoms. The number of benzene rings is 5. The van der Waals surface area contributed by atoms with E-state index in [0.717, 1.165) is 82.9 Å². The van der Waals surface area contributed by atoms with Crippen molar-refractivity contribution in [1.29, 1.82) is 0 Å². The summed E-state index contributed by atoms with van der Waals surface area (Å²) in [6.45, 7) is 0. The highest BCUT2D eigenvalue weighted by molar-refractivity contribution is 6.05. The number of aromatic hydroxyl groups is 2. The molecule has 0 saturated carbocycles. The SMILES string of the molecule is Oc1ccc(-c2ccc3ccc4ccc(-c5cc(O)cc(-c6ccc7ccc8ccc(-c9ccccc9)nc8c7n6)c5)nc4c3n2)cc1. The predicted molar refractivity (Wildman–Crippen MR) is 193 cm³/mol. The Morgan fingerprint density at radius 3 is 1.06 bits per heavy atom. The molecule has 0 aliphatic heterocycles. The minimum Gasteiger partial charge on any atom is -0.508 e. The van der Waals surface area contributed by atoms with Crippen LogP contribution in [0.2, 0.25) is 0 Å². The molecule has 0 amide bonds. The van der Waals surface area contributed by atoms with Gasteiger partial charge in [0, 0.05) is 43.8 Å². The van der Waals surface area contributed by atoms with Gasteiger partial charge in [-0.25, -0.2) is 19.9 Å². The molecule has 0 radical (unpaired) electrons. The van der Waals surface area contributed by atoms with Crippen molar-refractivity contribution in [3.05, 3.63) is 146 Å². The summed E-state index contributed by atoms with van der Waals surface area (Å²) < 4.78 is 0. The number of pyridine rings is 4. The summed E-state index contributed by atoms with van der Waals surface area (Å²) in [6, 6.07) is 47.0. The van der Waals surface area contributed by atoms with E-state index >= 15 is 0 Å². The van der Waals surface area contributed by atoms with Crippen LogP contribution in [0, 0.1) is 0 Å². The van der Waals surface area contributed by atoms with Gasteiger partial charge in [0.1, 0.15) is 11.5 Å². The van der Waals surface area contributed by atoms with E-state index in [2.05, 4.69) is 36.4 Å². The van der Waals surface area contributed by atoms with E-state index in [1.807, 2.05) is 84.9 Å². The van der Waals surface area contributed by atoms with Crippen LogP contribution in [0.4, 0.5) is 0 Å². The standard InChI is InChI=1S/C42H26N4O2/c47-33-16-10-26(11-17-33)36-19-13-28-7-9-30-15-21-38(46-42(30)40(28)44-36)32-22-31(23-34(48)24-32)37-20-14-29-8-6-27-12-18-35(25-4-2-1-3-5-25)43-39(27)41(29)45-37/h1-24,47-48H. The fourth-order valence-corrected chi connectivity index (χ4v) is 6.33. The summed E-state index contributed by atoms with van der Waals surface area (Å²) in [7, 11) is 0. The molecule has 0 fully saturated rings. The third kappa shape index (κ3) is 4.84. The molecule has 0 saturated heterocycles. The highest BCUT2D eigenvalue weighted by atomic mass is 16.3. The molecular formula is C42H26N4O2. The van der Waals surface area contributed by atoms with Crippen LogP contribution < -0.4 is 0 Å². The first-order valence-electron chi connectivity index (χ1n) is 15.7. The predicted octanol–water partition coefficient (Wildman–Crippen LogP) is 9.96. The van der Waals surface area contributed by atoms with Gasteiger partial charge in [-0.15, -0.1) is 0 Å². The maximum absolute atomic E-state index is 10.9. The number of aromatic nitrogens is 4. The number of nitrogens with zero attached hydrogens (tertiary/aromatic N) is 4. The first kappa shape index (κ1) is 27.6. The molecule has 9 aromatic rings. The lowest BCUT2D eigenvalue weighted by atomic mass is 10.0. The molecule has 6 heteroatoms. The second-order valence-electron chi connectivity index (χ2n) is 11.9. The van der Waals surface area contributed by atoms with Gasteiger partial charge >= 0.3 is 0 Å². The van der Waals surface area contributed by atoms with E-state index in [-0.39, 0.29) is 11.5 Å². The third-order valence-electron chi connectivity index (χ3n) is 8.78. The summed E-state index contributed by atoms with van der Waals surface area (Å²) in [4.78, 5) is 20.2. The Labute approximate surface area is 275 Å². The monoisotopic (exact) mass is 618 g/mol. The number of hydrogen-bond donors (Lipinski definition) is 2. The van der Waals surface area contributed by atoms with Gasteiger partial charge in [-0.05, 0) is 66.7 Å². The maximum atomic E-state index is 10.9. The number of phenolic OH excluding ortho intramolecular Hbond substituents is 2. The molecule has 5 aromatic carbocycles. The highest BCUT2D eigenvalue weighted by Gasteiger charge is 2.13. The molecule has 48 heavy (non-hydrogen) atoms. The summed E-state index contributed by atoms with van der Waals surface area (Å²) in [5.41, 5.74) is 9.81. The van der Waals surface area contributed by atoms with Crippen molar-refractivity contribution in [2.24, 2.45) is 0 Å². The fourth-order valence-electron chi connectivity index (χ4n) is 6.33. The maximum Gasteiger partial charge on any atom is 0.116 e. The van der Waals surface area contributed by atoms with E-state index in [4.69, 9.17) is 19.9 Å². The summed E-state index contributed by atoms with van der Waals surface area (Å²) in [5, 5.41) is 24.6. The molecule has 0 bridgehead atoms. The minimum atomic E-state index is 0.124. The molecule has 4 aromatic heterocycles. The van der Waals surface area contributed by atoms with E-state index in [1.165, 1.54) is 0 Å². The van der Waals surface area contributed by atoms with Crippen LogP contribution in [-0.4, -0.2) is 30.1 Å². The number of fused-ring (bicyclic) bond motifs is 6. The second kappa shape index (κ2) is 11.0. The lowest BCUT2D eigenvalue weighted by molar-refractivity contribution is 0.475. The van der Waals surface area contributed by atoms with Crippen molar-refractivity contribution in [3.63, 3.8) is 0 Å². The Bertz CT molecular complexity index is 2690. The first-order chi connectivity index (χ1) is 23.6.